The van der Waals surface area contributed by atoms with Crippen molar-refractivity contribution in [1.29, 1.82) is 0 Å². The van der Waals surface area contributed by atoms with Crippen LogP contribution in [0.5, 0.6) is 0 Å². The zero-order valence-electron chi connectivity index (χ0n) is 21.0. The predicted molar refractivity (Wildman–Crippen MR) is 161 cm³/mol. The fourth-order valence-electron chi connectivity index (χ4n) is 6.50. The van der Waals surface area contributed by atoms with Crippen molar-refractivity contribution in [1.82, 2.24) is 14.5 Å². The second kappa shape index (κ2) is 7.62. The Hall–Kier alpha value is -5.28. The molecule has 0 unspecified atom stereocenters. The van der Waals surface area contributed by atoms with Gasteiger partial charge in [0.05, 0.1) is 16.6 Å². The molecule has 180 valence electrons. The van der Waals surface area contributed by atoms with Crippen LogP contribution in [0.3, 0.4) is 0 Å². The van der Waals surface area contributed by atoms with Gasteiger partial charge in [0.1, 0.15) is 5.82 Å². The van der Waals surface area contributed by atoms with E-state index in [9.17, 15) is 0 Å². The summed E-state index contributed by atoms with van der Waals surface area (Å²) in [4.78, 5) is 10.3. The van der Waals surface area contributed by atoms with E-state index in [4.69, 9.17) is 9.97 Å². The number of nitrogens with zero attached hydrogens (tertiary/aromatic N) is 3. The highest BCUT2D eigenvalue weighted by molar-refractivity contribution is 6.24. The van der Waals surface area contributed by atoms with Crippen LogP contribution in [0, 0.1) is 0 Å². The van der Waals surface area contributed by atoms with Gasteiger partial charge in [-0.05, 0) is 45.7 Å². The molecule has 9 rings (SSSR count). The zero-order valence-corrected chi connectivity index (χ0v) is 21.0. The quantitative estimate of drug-likeness (QED) is 0.239. The maximum absolute atomic E-state index is 5.29. The molecule has 6 aromatic carbocycles. The number of aromatic nitrogens is 3. The lowest BCUT2D eigenvalue weighted by molar-refractivity contribution is 1.08. The van der Waals surface area contributed by atoms with Crippen molar-refractivity contribution in [3.63, 3.8) is 0 Å². The van der Waals surface area contributed by atoms with Gasteiger partial charge in [0.25, 0.3) is 0 Å². The number of benzene rings is 6. The molecular weight excluding hydrogens is 474 g/mol. The van der Waals surface area contributed by atoms with E-state index in [0.29, 0.717) is 0 Å². The summed E-state index contributed by atoms with van der Waals surface area (Å²) in [5.74, 6) is 1.63. The van der Waals surface area contributed by atoms with Gasteiger partial charge < -0.3 is 0 Å². The van der Waals surface area contributed by atoms with E-state index in [1.807, 2.05) is 18.2 Å². The highest BCUT2D eigenvalue weighted by Gasteiger charge is 2.27. The summed E-state index contributed by atoms with van der Waals surface area (Å²) >= 11 is 0. The van der Waals surface area contributed by atoms with Crippen molar-refractivity contribution in [2.75, 3.05) is 0 Å². The molecule has 0 saturated carbocycles. The summed E-state index contributed by atoms with van der Waals surface area (Å²) in [6.45, 7) is 0. The summed E-state index contributed by atoms with van der Waals surface area (Å²) in [7, 11) is 0. The monoisotopic (exact) mass is 495 g/mol. The largest absolute Gasteiger partial charge is 0.292 e. The van der Waals surface area contributed by atoms with Crippen LogP contribution >= 0.6 is 0 Å². The van der Waals surface area contributed by atoms with E-state index in [0.717, 1.165) is 33.6 Å². The second-order valence-corrected chi connectivity index (χ2v) is 10.2. The van der Waals surface area contributed by atoms with Crippen molar-refractivity contribution in [2.45, 2.75) is 0 Å². The molecule has 3 heteroatoms. The zero-order chi connectivity index (χ0) is 25.5. The Bertz CT molecular complexity index is 2270. The average Bonchev–Trinajstić information content (AvgIpc) is 3.51. The molecular formula is C36H21N3. The third kappa shape index (κ3) is 2.76. The maximum atomic E-state index is 5.29. The maximum Gasteiger partial charge on any atom is 0.162 e. The van der Waals surface area contributed by atoms with Gasteiger partial charge in [0.15, 0.2) is 5.82 Å². The Balaban J connectivity index is 1.49. The molecule has 2 aromatic heterocycles. The standard InChI is InChI=1S/C36H21N3/c1-2-10-23(11-3-1)35-37-30-18-6-4-15-28(30)36(38-35)39-31-19-7-5-14-24(31)27-21-20-26-25-16-8-12-22-13-9-17-29(32(22)25)33(26)34(27)39/h1-21H. The summed E-state index contributed by atoms with van der Waals surface area (Å²) in [6, 6.07) is 45.2. The SMILES string of the molecule is c1ccc(-c2nc(-n3c4ccccc4c4ccc5c(c43)-c3cccc4cccc-5c34)c3ccccc3n2)cc1. The van der Waals surface area contributed by atoms with E-state index in [1.54, 1.807) is 0 Å². The van der Waals surface area contributed by atoms with E-state index < -0.39 is 0 Å². The van der Waals surface area contributed by atoms with Gasteiger partial charge >= 0.3 is 0 Å². The number of rotatable bonds is 2. The molecule has 0 atom stereocenters. The van der Waals surface area contributed by atoms with Crippen LogP contribution in [0.4, 0.5) is 0 Å². The third-order valence-electron chi connectivity index (χ3n) is 8.13. The first kappa shape index (κ1) is 20.7. The third-order valence-corrected chi connectivity index (χ3v) is 8.13. The van der Waals surface area contributed by atoms with E-state index in [2.05, 4.69) is 114 Å². The number of hydrogen-bond acceptors (Lipinski definition) is 2. The van der Waals surface area contributed by atoms with Crippen LogP contribution in [-0.4, -0.2) is 14.5 Å². The van der Waals surface area contributed by atoms with E-state index >= 15 is 0 Å². The average molecular weight is 496 g/mol. The van der Waals surface area contributed by atoms with Gasteiger partial charge in [0, 0.05) is 27.3 Å². The summed E-state index contributed by atoms with van der Waals surface area (Å²) in [5.41, 5.74) is 9.42. The highest BCUT2D eigenvalue weighted by atomic mass is 15.1. The van der Waals surface area contributed by atoms with Crippen LogP contribution in [0.1, 0.15) is 0 Å². The minimum Gasteiger partial charge on any atom is -0.292 e. The van der Waals surface area contributed by atoms with Crippen LogP contribution in [0.15, 0.2) is 127 Å². The first-order valence-corrected chi connectivity index (χ1v) is 13.3. The minimum atomic E-state index is 0.730. The van der Waals surface area contributed by atoms with Gasteiger partial charge in [-0.2, -0.15) is 0 Å². The fourth-order valence-corrected chi connectivity index (χ4v) is 6.50. The summed E-state index contributed by atoms with van der Waals surface area (Å²) < 4.78 is 2.38. The fraction of sp³-hybridized carbons (Fsp3) is 0. The first-order valence-electron chi connectivity index (χ1n) is 13.3. The van der Waals surface area contributed by atoms with E-state index in [1.165, 1.54) is 49.3 Å². The molecule has 8 aromatic rings. The number of hydrogen-bond donors (Lipinski definition) is 0. The van der Waals surface area contributed by atoms with Gasteiger partial charge in [-0.3, -0.25) is 4.57 Å². The molecule has 1 aliphatic carbocycles. The van der Waals surface area contributed by atoms with E-state index in [-0.39, 0.29) is 0 Å². The number of fused-ring (bicyclic) bond motifs is 8. The Morgan fingerprint density at radius 2 is 1.23 bits per heavy atom. The smallest absolute Gasteiger partial charge is 0.162 e. The van der Waals surface area contributed by atoms with Crippen molar-refractivity contribution in [3.8, 4) is 39.5 Å². The summed E-state index contributed by atoms with van der Waals surface area (Å²) in [6.07, 6.45) is 0. The molecule has 39 heavy (non-hydrogen) atoms. The summed E-state index contributed by atoms with van der Waals surface area (Å²) in [5, 5.41) is 6.10. The molecule has 1 aliphatic rings. The molecule has 2 heterocycles. The molecule has 0 saturated heterocycles. The van der Waals surface area contributed by atoms with Crippen molar-refractivity contribution < 1.29 is 0 Å². The molecule has 0 spiro atoms. The lowest BCUT2D eigenvalue weighted by Gasteiger charge is -2.14. The van der Waals surface area contributed by atoms with Crippen LogP contribution < -0.4 is 0 Å². The second-order valence-electron chi connectivity index (χ2n) is 10.2. The lowest BCUT2D eigenvalue weighted by Crippen LogP contribution is -2.03. The lowest BCUT2D eigenvalue weighted by atomic mass is 10.0. The van der Waals surface area contributed by atoms with Crippen LogP contribution in [0.25, 0.3) is 82.9 Å². The molecule has 0 aliphatic heterocycles. The van der Waals surface area contributed by atoms with Gasteiger partial charge in [-0.1, -0.05) is 109 Å². The van der Waals surface area contributed by atoms with Crippen molar-refractivity contribution >= 4 is 43.5 Å². The van der Waals surface area contributed by atoms with Gasteiger partial charge in [-0.25, -0.2) is 9.97 Å². The molecule has 0 radical (unpaired) electrons. The molecule has 0 bridgehead atoms. The molecule has 0 N–H and O–H groups in total. The molecule has 3 nitrogen and oxygen atoms in total. The van der Waals surface area contributed by atoms with Crippen molar-refractivity contribution in [2.24, 2.45) is 0 Å². The highest BCUT2D eigenvalue weighted by Crippen LogP contribution is 2.52. The predicted octanol–water partition coefficient (Wildman–Crippen LogP) is 9.19. The van der Waals surface area contributed by atoms with Crippen LogP contribution in [0.2, 0.25) is 0 Å². The van der Waals surface area contributed by atoms with Gasteiger partial charge in [0.2, 0.25) is 0 Å². The minimum absolute atomic E-state index is 0.730. The Morgan fingerprint density at radius 3 is 2.10 bits per heavy atom. The number of para-hydroxylation sites is 2. The van der Waals surface area contributed by atoms with Crippen LogP contribution in [-0.2, 0) is 0 Å². The molecule has 0 fully saturated rings. The van der Waals surface area contributed by atoms with Gasteiger partial charge in [-0.15, -0.1) is 0 Å². The Labute approximate surface area is 224 Å². The Kier molecular flexibility index (Phi) is 4.05. The molecule has 0 amide bonds. The first-order chi connectivity index (χ1) is 19.4. The van der Waals surface area contributed by atoms with Crippen molar-refractivity contribution in [3.05, 3.63) is 127 Å². The normalized spacial score (nSPS) is 12.1. The Morgan fingerprint density at radius 1 is 0.487 bits per heavy atom. The topological polar surface area (TPSA) is 30.7 Å².